The van der Waals surface area contributed by atoms with E-state index in [1.165, 1.54) is 6.07 Å². The Morgan fingerprint density at radius 3 is 2.61 bits per heavy atom. The molecule has 0 aromatic heterocycles. The van der Waals surface area contributed by atoms with Crippen LogP contribution in [0.2, 0.25) is 0 Å². The number of carbonyl (C=O) groups is 1. The lowest BCUT2D eigenvalue weighted by atomic mass is 10.1. The molecule has 18 heavy (non-hydrogen) atoms. The quantitative estimate of drug-likeness (QED) is 0.827. The van der Waals surface area contributed by atoms with Crippen LogP contribution in [0.3, 0.4) is 0 Å². The molecular weight excluding hydrogens is 233 g/mol. The lowest BCUT2D eigenvalue weighted by Crippen LogP contribution is -2.27. The van der Waals surface area contributed by atoms with Crippen LogP contribution in [0, 0.1) is 5.82 Å². The predicted molar refractivity (Wildman–Crippen MR) is 68.3 cm³/mol. The van der Waals surface area contributed by atoms with Crippen LogP contribution in [0.25, 0.3) is 0 Å². The number of halogens is 1. The Bertz CT molecular complexity index is 477. The SMILES string of the molecule is CC(C)(C)OC(=O)Nc1ccc(F)c2c1CCC2. The van der Waals surface area contributed by atoms with E-state index in [1.807, 2.05) is 20.8 Å². The Morgan fingerprint density at radius 2 is 1.94 bits per heavy atom. The first-order chi connectivity index (χ1) is 8.37. The largest absolute Gasteiger partial charge is 0.444 e. The molecule has 0 radical (unpaired) electrons. The number of anilines is 1. The molecule has 0 fully saturated rings. The number of ether oxygens (including phenoxy) is 1. The Morgan fingerprint density at radius 1 is 1.28 bits per heavy atom. The molecule has 0 unspecified atom stereocenters. The molecular formula is C14H18FNO2. The molecule has 1 amide bonds. The summed E-state index contributed by atoms with van der Waals surface area (Å²) in [6.45, 7) is 5.42. The van der Waals surface area contributed by atoms with E-state index in [-0.39, 0.29) is 5.82 Å². The smallest absolute Gasteiger partial charge is 0.412 e. The van der Waals surface area contributed by atoms with Gasteiger partial charge in [0.1, 0.15) is 11.4 Å². The highest BCUT2D eigenvalue weighted by atomic mass is 19.1. The van der Waals surface area contributed by atoms with Crippen LogP contribution in [-0.2, 0) is 17.6 Å². The van der Waals surface area contributed by atoms with Crippen molar-refractivity contribution in [2.45, 2.75) is 45.6 Å². The number of benzene rings is 1. The Balaban J connectivity index is 2.16. The van der Waals surface area contributed by atoms with E-state index in [2.05, 4.69) is 5.32 Å². The average Bonchev–Trinajstić information content (AvgIpc) is 2.69. The number of carbonyl (C=O) groups excluding carboxylic acids is 1. The molecule has 0 saturated carbocycles. The van der Waals surface area contributed by atoms with E-state index in [0.717, 1.165) is 30.4 Å². The van der Waals surface area contributed by atoms with Crippen LogP contribution in [0.4, 0.5) is 14.9 Å². The zero-order valence-electron chi connectivity index (χ0n) is 11.0. The first kappa shape index (κ1) is 12.9. The number of amides is 1. The van der Waals surface area contributed by atoms with Crippen molar-refractivity contribution in [1.82, 2.24) is 0 Å². The number of hydrogen-bond acceptors (Lipinski definition) is 2. The predicted octanol–water partition coefficient (Wildman–Crippen LogP) is 3.66. The molecule has 2 rings (SSSR count). The summed E-state index contributed by atoms with van der Waals surface area (Å²) in [5.41, 5.74) is 1.76. The molecule has 1 aliphatic carbocycles. The van der Waals surface area contributed by atoms with Crippen molar-refractivity contribution in [2.75, 3.05) is 5.32 Å². The number of rotatable bonds is 1. The van der Waals surface area contributed by atoms with E-state index in [4.69, 9.17) is 4.74 Å². The summed E-state index contributed by atoms with van der Waals surface area (Å²) in [7, 11) is 0. The summed E-state index contributed by atoms with van der Waals surface area (Å²) in [5, 5.41) is 2.70. The minimum absolute atomic E-state index is 0.183. The number of fused-ring (bicyclic) bond motifs is 1. The summed E-state index contributed by atoms with van der Waals surface area (Å²) in [6.07, 6.45) is 1.98. The molecule has 0 atom stereocenters. The molecule has 1 aliphatic rings. The van der Waals surface area contributed by atoms with Crippen LogP contribution in [-0.4, -0.2) is 11.7 Å². The Hall–Kier alpha value is -1.58. The molecule has 98 valence electrons. The van der Waals surface area contributed by atoms with Gasteiger partial charge in [0.15, 0.2) is 0 Å². The van der Waals surface area contributed by atoms with Crippen LogP contribution < -0.4 is 5.32 Å². The fraction of sp³-hybridized carbons (Fsp3) is 0.500. The minimum atomic E-state index is -0.534. The van der Waals surface area contributed by atoms with E-state index in [1.54, 1.807) is 6.07 Å². The Labute approximate surface area is 106 Å². The molecule has 4 heteroatoms. The van der Waals surface area contributed by atoms with Gasteiger partial charge in [-0.15, -0.1) is 0 Å². The minimum Gasteiger partial charge on any atom is -0.444 e. The normalized spacial score (nSPS) is 14.2. The summed E-state index contributed by atoms with van der Waals surface area (Å²) >= 11 is 0. The van der Waals surface area contributed by atoms with Gasteiger partial charge in [-0.25, -0.2) is 9.18 Å². The van der Waals surface area contributed by atoms with E-state index < -0.39 is 11.7 Å². The summed E-state index contributed by atoms with van der Waals surface area (Å²) in [4.78, 5) is 11.7. The standard InChI is InChI=1S/C14H18FNO2/c1-14(2,3)18-13(17)16-12-8-7-11(15)9-5-4-6-10(9)12/h7-8H,4-6H2,1-3H3,(H,16,17). The molecule has 1 N–H and O–H groups in total. The van der Waals surface area contributed by atoms with E-state index in [0.29, 0.717) is 5.69 Å². The fourth-order valence-corrected chi connectivity index (χ4v) is 2.19. The molecule has 0 bridgehead atoms. The van der Waals surface area contributed by atoms with Gasteiger partial charge in [0, 0.05) is 5.69 Å². The van der Waals surface area contributed by atoms with Gasteiger partial charge in [-0.2, -0.15) is 0 Å². The number of hydrogen-bond donors (Lipinski definition) is 1. The van der Waals surface area contributed by atoms with Crippen LogP contribution in [0.1, 0.15) is 38.3 Å². The third kappa shape index (κ3) is 2.81. The van der Waals surface area contributed by atoms with Crippen molar-refractivity contribution in [1.29, 1.82) is 0 Å². The summed E-state index contributed by atoms with van der Waals surface area (Å²) in [5.74, 6) is -0.183. The lowest BCUT2D eigenvalue weighted by Gasteiger charge is -2.20. The second-order valence-corrected chi connectivity index (χ2v) is 5.53. The van der Waals surface area contributed by atoms with Gasteiger partial charge >= 0.3 is 6.09 Å². The molecule has 3 nitrogen and oxygen atoms in total. The second kappa shape index (κ2) is 4.59. The fourth-order valence-electron chi connectivity index (χ4n) is 2.19. The third-order valence-corrected chi connectivity index (χ3v) is 2.86. The van der Waals surface area contributed by atoms with Crippen molar-refractivity contribution in [3.8, 4) is 0 Å². The zero-order chi connectivity index (χ0) is 13.3. The maximum Gasteiger partial charge on any atom is 0.412 e. The second-order valence-electron chi connectivity index (χ2n) is 5.53. The molecule has 0 saturated heterocycles. The van der Waals surface area contributed by atoms with Gasteiger partial charge in [-0.3, -0.25) is 5.32 Å². The summed E-state index contributed by atoms with van der Waals surface area (Å²) in [6, 6.07) is 3.00. The molecule has 0 heterocycles. The lowest BCUT2D eigenvalue weighted by molar-refractivity contribution is 0.0636. The maximum absolute atomic E-state index is 13.5. The van der Waals surface area contributed by atoms with Crippen molar-refractivity contribution >= 4 is 11.8 Å². The highest BCUT2D eigenvalue weighted by Gasteiger charge is 2.21. The van der Waals surface area contributed by atoms with E-state index in [9.17, 15) is 9.18 Å². The Kier molecular flexibility index (Phi) is 3.28. The highest BCUT2D eigenvalue weighted by Crippen LogP contribution is 2.31. The average molecular weight is 251 g/mol. The maximum atomic E-state index is 13.5. The first-order valence-corrected chi connectivity index (χ1v) is 6.17. The van der Waals surface area contributed by atoms with E-state index >= 15 is 0 Å². The van der Waals surface area contributed by atoms with Crippen molar-refractivity contribution in [3.05, 3.63) is 29.1 Å². The van der Waals surface area contributed by atoms with Crippen LogP contribution >= 0.6 is 0 Å². The van der Waals surface area contributed by atoms with Gasteiger partial charge in [-0.05, 0) is 63.3 Å². The van der Waals surface area contributed by atoms with Crippen LogP contribution in [0.15, 0.2) is 12.1 Å². The topological polar surface area (TPSA) is 38.3 Å². The highest BCUT2D eigenvalue weighted by molar-refractivity contribution is 5.86. The third-order valence-electron chi connectivity index (χ3n) is 2.86. The van der Waals surface area contributed by atoms with Gasteiger partial charge in [0.2, 0.25) is 0 Å². The van der Waals surface area contributed by atoms with Gasteiger partial charge in [0.05, 0.1) is 0 Å². The molecule has 0 spiro atoms. The number of nitrogens with one attached hydrogen (secondary N) is 1. The summed E-state index contributed by atoms with van der Waals surface area (Å²) < 4.78 is 18.7. The van der Waals surface area contributed by atoms with Gasteiger partial charge in [-0.1, -0.05) is 0 Å². The molecule has 1 aromatic carbocycles. The van der Waals surface area contributed by atoms with Crippen LogP contribution in [0.5, 0.6) is 0 Å². The van der Waals surface area contributed by atoms with Gasteiger partial charge < -0.3 is 4.74 Å². The zero-order valence-corrected chi connectivity index (χ0v) is 11.0. The van der Waals surface area contributed by atoms with Crippen molar-refractivity contribution in [2.24, 2.45) is 0 Å². The first-order valence-electron chi connectivity index (χ1n) is 6.17. The molecule has 1 aromatic rings. The van der Waals surface area contributed by atoms with Crippen molar-refractivity contribution < 1.29 is 13.9 Å². The van der Waals surface area contributed by atoms with Crippen molar-refractivity contribution in [3.63, 3.8) is 0 Å². The monoisotopic (exact) mass is 251 g/mol. The van der Waals surface area contributed by atoms with Gasteiger partial charge in [0.25, 0.3) is 0 Å². The molecule has 0 aliphatic heterocycles.